The van der Waals surface area contributed by atoms with Crippen molar-refractivity contribution in [2.45, 2.75) is 6.92 Å². The number of nitrogens with zero attached hydrogens (tertiary/aromatic N) is 2. The highest BCUT2D eigenvalue weighted by Gasteiger charge is 2.03. The van der Waals surface area contributed by atoms with Crippen LogP contribution < -0.4 is 4.74 Å². The highest BCUT2D eigenvalue weighted by atomic mass is 32.1. The van der Waals surface area contributed by atoms with Crippen molar-refractivity contribution < 1.29 is 4.74 Å². The SMILES string of the molecule is COc1nc2cc(C)cnc2s1. The summed E-state index contributed by atoms with van der Waals surface area (Å²) < 4.78 is 5.01. The van der Waals surface area contributed by atoms with E-state index in [0.717, 1.165) is 15.9 Å². The van der Waals surface area contributed by atoms with Gasteiger partial charge in [0.2, 0.25) is 0 Å². The van der Waals surface area contributed by atoms with Crippen LogP contribution in [0.4, 0.5) is 0 Å². The van der Waals surface area contributed by atoms with Crippen molar-refractivity contribution in [1.82, 2.24) is 9.97 Å². The van der Waals surface area contributed by atoms with Crippen molar-refractivity contribution in [3.8, 4) is 5.19 Å². The Balaban J connectivity index is 2.67. The third-order valence-corrected chi connectivity index (χ3v) is 2.48. The van der Waals surface area contributed by atoms with Crippen LogP contribution in [0.2, 0.25) is 0 Å². The molecule has 62 valence electrons. The Labute approximate surface area is 74.0 Å². The predicted molar refractivity (Wildman–Crippen MR) is 48.7 cm³/mol. The van der Waals surface area contributed by atoms with Gasteiger partial charge in [-0.15, -0.1) is 0 Å². The number of methoxy groups -OCH3 is 1. The van der Waals surface area contributed by atoms with E-state index in [1.165, 1.54) is 11.3 Å². The van der Waals surface area contributed by atoms with Crippen LogP contribution in [0.5, 0.6) is 5.19 Å². The molecule has 12 heavy (non-hydrogen) atoms. The average molecular weight is 180 g/mol. The molecule has 2 rings (SSSR count). The molecule has 3 nitrogen and oxygen atoms in total. The highest BCUT2D eigenvalue weighted by molar-refractivity contribution is 7.19. The summed E-state index contributed by atoms with van der Waals surface area (Å²) in [6.45, 7) is 2.00. The van der Waals surface area contributed by atoms with Crippen molar-refractivity contribution in [1.29, 1.82) is 0 Å². The second-order valence-electron chi connectivity index (χ2n) is 2.52. The molecule has 0 unspecified atom stereocenters. The summed E-state index contributed by atoms with van der Waals surface area (Å²) in [5.74, 6) is 0. The number of aryl methyl sites for hydroxylation is 1. The minimum Gasteiger partial charge on any atom is -0.473 e. The largest absolute Gasteiger partial charge is 0.473 e. The van der Waals surface area contributed by atoms with Gasteiger partial charge in [-0.2, -0.15) is 0 Å². The van der Waals surface area contributed by atoms with Crippen LogP contribution in [-0.2, 0) is 0 Å². The zero-order chi connectivity index (χ0) is 8.55. The number of hydrogen-bond acceptors (Lipinski definition) is 4. The fourth-order valence-corrected chi connectivity index (χ4v) is 1.70. The van der Waals surface area contributed by atoms with Gasteiger partial charge in [0.25, 0.3) is 5.19 Å². The Bertz CT molecular complexity index is 410. The number of fused-ring (bicyclic) bond motifs is 1. The maximum absolute atomic E-state index is 5.01. The molecular weight excluding hydrogens is 172 g/mol. The molecule has 0 fully saturated rings. The smallest absolute Gasteiger partial charge is 0.275 e. The van der Waals surface area contributed by atoms with Crippen molar-refractivity contribution in [3.05, 3.63) is 17.8 Å². The third-order valence-electron chi connectivity index (χ3n) is 1.54. The molecule has 0 radical (unpaired) electrons. The van der Waals surface area contributed by atoms with Crippen LogP contribution in [-0.4, -0.2) is 17.1 Å². The van der Waals surface area contributed by atoms with Gasteiger partial charge in [-0.25, -0.2) is 9.97 Å². The maximum atomic E-state index is 5.01. The van der Waals surface area contributed by atoms with E-state index in [4.69, 9.17) is 4.74 Å². The average Bonchev–Trinajstić information content (AvgIpc) is 2.46. The van der Waals surface area contributed by atoms with E-state index in [2.05, 4.69) is 9.97 Å². The number of ether oxygens (including phenoxy) is 1. The first kappa shape index (κ1) is 7.49. The monoisotopic (exact) mass is 180 g/mol. The molecule has 0 saturated heterocycles. The first-order valence-electron chi connectivity index (χ1n) is 3.57. The summed E-state index contributed by atoms with van der Waals surface area (Å²) in [5, 5.41) is 0.670. The maximum Gasteiger partial charge on any atom is 0.275 e. The lowest BCUT2D eigenvalue weighted by Crippen LogP contribution is -1.79. The van der Waals surface area contributed by atoms with Crippen molar-refractivity contribution in [2.24, 2.45) is 0 Å². The first-order valence-corrected chi connectivity index (χ1v) is 4.38. The fraction of sp³-hybridized carbons (Fsp3) is 0.250. The third kappa shape index (κ3) is 1.14. The predicted octanol–water partition coefficient (Wildman–Crippen LogP) is 2.01. The van der Waals surface area contributed by atoms with E-state index in [1.807, 2.05) is 19.2 Å². The molecule has 4 heteroatoms. The van der Waals surface area contributed by atoms with E-state index in [0.29, 0.717) is 5.19 Å². The first-order chi connectivity index (χ1) is 5.79. The van der Waals surface area contributed by atoms with Gasteiger partial charge >= 0.3 is 0 Å². The van der Waals surface area contributed by atoms with E-state index in [1.54, 1.807) is 7.11 Å². The van der Waals surface area contributed by atoms with Crippen molar-refractivity contribution in [3.63, 3.8) is 0 Å². The van der Waals surface area contributed by atoms with Gasteiger partial charge in [-0.1, -0.05) is 11.3 Å². The number of hydrogen-bond donors (Lipinski definition) is 0. The summed E-state index contributed by atoms with van der Waals surface area (Å²) in [6.07, 6.45) is 1.83. The number of pyridine rings is 1. The molecule has 0 atom stereocenters. The van der Waals surface area contributed by atoms with E-state index in [9.17, 15) is 0 Å². The van der Waals surface area contributed by atoms with E-state index < -0.39 is 0 Å². The normalized spacial score (nSPS) is 10.5. The Kier molecular flexibility index (Phi) is 1.69. The quantitative estimate of drug-likeness (QED) is 0.673. The molecule has 0 aliphatic rings. The highest BCUT2D eigenvalue weighted by Crippen LogP contribution is 2.25. The molecule has 2 aromatic heterocycles. The van der Waals surface area contributed by atoms with Gasteiger partial charge < -0.3 is 4.74 Å². The second-order valence-corrected chi connectivity index (χ2v) is 3.46. The Morgan fingerprint density at radius 3 is 3.08 bits per heavy atom. The van der Waals surface area contributed by atoms with Crippen LogP contribution in [0.1, 0.15) is 5.56 Å². The Morgan fingerprint density at radius 2 is 2.33 bits per heavy atom. The minimum atomic E-state index is 0.670. The van der Waals surface area contributed by atoms with Gasteiger partial charge in [0.15, 0.2) is 0 Å². The second kappa shape index (κ2) is 2.71. The lowest BCUT2D eigenvalue weighted by Gasteiger charge is -1.87. The summed E-state index contributed by atoms with van der Waals surface area (Å²) in [6, 6.07) is 2.00. The van der Waals surface area contributed by atoms with Gasteiger partial charge in [0, 0.05) is 6.20 Å². The van der Waals surface area contributed by atoms with Crippen molar-refractivity contribution >= 4 is 21.7 Å². The number of thiazole rings is 1. The molecule has 2 heterocycles. The molecule has 0 saturated carbocycles. The van der Waals surface area contributed by atoms with Crippen LogP contribution >= 0.6 is 11.3 Å². The molecule has 0 aliphatic heterocycles. The van der Waals surface area contributed by atoms with Gasteiger partial charge in [0.1, 0.15) is 10.3 Å². The van der Waals surface area contributed by atoms with Crippen molar-refractivity contribution in [2.75, 3.05) is 7.11 Å². The van der Waals surface area contributed by atoms with Gasteiger partial charge in [0.05, 0.1) is 7.11 Å². The lowest BCUT2D eigenvalue weighted by molar-refractivity contribution is 0.413. The summed E-state index contributed by atoms with van der Waals surface area (Å²) in [7, 11) is 1.62. The number of aromatic nitrogens is 2. The topological polar surface area (TPSA) is 35.0 Å². The molecule has 0 spiro atoms. The Morgan fingerprint density at radius 1 is 1.50 bits per heavy atom. The standard InChI is InChI=1S/C8H8N2OS/c1-5-3-6-7(9-4-5)12-8(10-6)11-2/h3-4H,1-2H3. The zero-order valence-electron chi connectivity index (χ0n) is 6.87. The zero-order valence-corrected chi connectivity index (χ0v) is 7.68. The van der Waals surface area contributed by atoms with E-state index >= 15 is 0 Å². The lowest BCUT2D eigenvalue weighted by atomic mass is 10.3. The van der Waals surface area contributed by atoms with Gasteiger partial charge in [-0.3, -0.25) is 0 Å². The van der Waals surface area contributed by atoms with Crippen LogP contribution in [0, 0.1) is 6.92 Å². The van der Waals surface area contributed by atoms with Crippen LogP contribution in [0.3, 0.4) is 0 Å². The summed E-state index contributed by atoms with van der Waals surface area (Å²) in [5.41, 5.74) is 2.03. The van der Waals surface area contributed by atoms with Crippen LogP contribution in [0.25, 0.3) is 10.3 Å². The number of rotatable bonds is 1. The summed E-state index contributed by atoms with van der Waals surface area (Å²) >= 11 is 1.46. The molecular formula is C8H8N2OS. The molecule has 0 aromatic carbocycles. The van der Waals surface area contributed by atoms with Crippen LogP contribution in [0.15, 0.2) is 12.3 Å². The molecule has 0 N–H and O–H groups in total. The molecule has 2 aromatic rings. The molecule has 0 amide bonds. The Hall–Kier alpha value is -1.16. The summed E-state index contributed by atoms with van der Waals surface area (Å²) in [4.78, 5) is 9.38. The van der Waals surface area contributed by atoms with Gasteiger partial charge in [-0.05, 0) is 18.6 Å². The minimum absolute atomic E-state index is 0.670. The molecule has 0 bridgehead atoms. The molecule has 0 aliphatic carbocycles. The van der Waals surface area contributed by atoms with E-state index in [-0.39, 0.29) is 0 Å². The fourth-order valence-electron chi connectivity index (χ4n) is 0.991.